The summed E-state index contributed by atoms with van der Waals surface area (Å²) in [4.78, 5) is 64.7. The molecular formula is C30H36N4O8. The molecule has 224 valence electrons. The first kappa shape index (κ1) is 31.8. The van der Waals surface area contributed by atoms with Gasteiger partial charge in [-0.3, -0.25) is 19.2 Å². The highest BCUT2D eigenvalue weighted by atomic mass is 16.5. The van der Waals surface area contributed by atoms with Gasteiger partial charge in [-0.15, -0.1) is 0 Å². The van der Waals surface area contributed by atoms with Gasteiger partial charge < -0.3 is 36.2 Å². The quantitative estimate of drug-likeness (QED) is 0.178. The molecule has 0 aliphatic carbocycles. The summed E-state index contributed by atoms with van der Waals surface area (Å²) >= 11 is 0. The van der Waals surface area contributed by atoms with E-state index in [1.165, 1.54) is 17.0 Å². The normalized spacial score (nSPS) is 15.8. The molecular weight excluding hydrogens is 544 g/mol. The number of amides is 4. The van der Waals surface area contributed by atoms with Gasteiger partial charge in [0.2, 0.25) is 17.7 Å². The number of carbonyl (C=O) groups excluding carboxylic acids is 5. The van der Waals surface area contributed by atoms with Crippen LogP contribution in [-0.2, 0) is 36.9 Å². The minimum absolute atomic E-state index is 0.0563. The number of primary amides is 1. The van der Waals surface area contributed by atoms with Gasteiger partial charge in [-0.25, -0.2) is 4.79 Å². The van der Waals surface area contributed by atoms with Crippen LogP contribution in [0.5, 0.6) is 5.75 Å². The number of fused-ring (bicyclic) bond motifs is 1. The molecule has 1 heterocycles. The first-order chi connectivity index (χ1) is 20.0. The zero-order chi connectivity index (χ0) is 30.8. The smallest absolute Gasteiger partial charge is 0.330 e. The number of hydrogen-bond donors (Lipinski definition) is 5. The Morgan fingerprint density at radius 1 is 1.10 bits per heavy atom. The molecule has 0 unspecified atom stereocenters. The maximum absolute atomic E-state index is 13.7. The lowest BCUT2D eigenvalue weighted by atomic mass is 9.92. The van der Waals surface area contributed by atoms with Crippen LogP contribution in [0, 0.1) is 6.92 Å². The van der Waals surface area contributed by atoms with Crippen LogP contribution in [0.1, 0.15) is 46.8 Å². The fourth-order valence-electron chi connectivity index (χ4n) is 4.63. The van der Waals surface area contributed by atoms with E-state index in [-0.39, 0.29) is 43.7 Å². The molecule has 1 aliphatic rings. The number of nitrogens with two attached hydrogens (primary N) is 1. The van der Waals surface area contributed by atoms with Crippen molar-refractivity contribution in [3.05, 3.63) is 76.9 Å². The monoisotopic (exact) mass is 580 g/mol. The van der Waals surface area contributed by atoms with E-state index in [4.69, 9.17) is 10.5 Å². The molecule has 1 aliphatic heterocycles. The van der Waals surface area contributed by atoms with Crippen LogP contribution in [0.15, 0.2) is 54.6 Å². The molecule has 0 aromatic heterocycles. The zero-order valence-electron chi connectivity index (χ0n) is 23.5. The van der Waals surface area contributed by atoms with Crippen molar-refractivity contribution >= 4 is 29.6 Å². The van der Waals surface area contributed by atoms with Crippen molar-refractivity contribution < 1.29 is 38.9 Å². The summed E-state index contributed by atoms with van der Waals surface area (Å²) in [5.41, 5.74) is 7.54. The summed E-state index contributed by atoms with van der Waals surface area (Å²) in [6.07, 6.45) is 2.57. The molecule has 12 nitrogen and oxygen atoms in total. The molecule has 0 radical (unpaired) electrons. The molecule has 0 saturated heterocycles. The Bertz CT molecular complexity index is 1360. The second-order valence-corrected chi connectivity index (χ2v) is 9.85. The fraction of sp³-hybridized carbons (Fsp3) is 0.367. The number of esters is 1. The Balaban J connectivity index is 1.81. The summed E-state index contributed by atoms with van der Waals surface area (Å²) < 4.78 is 4.84. The van der Waals surface area contributed by atoms with E-state index in [1.54, 1.807) is 26.0 Å². The Labute approximate surface area is 243 Å². The molecule has 2 aromatic rings. The van der Waals surface area contributed by atoms with Crippen molar-refractivity contribution in [3.63, 3.8) is 0 Å². The number of ether oxygens (including phenoxy) is 1. The second-order valence-electron chi connectivity index (χ2n) is 9.85. The topological polar surface area (TPSA) is 188 Å². The van der Waals surface area contributed by atoms with E-state index in [2.05, 4.69) is 10.6 Å². The molecule has 42 heavy (non-hydrogen) atoms. The van der Waals surface area contributed by atoms with E-state index in [9.17, 15) is 34.2 Å². The molecule has 2 aromatic carbocycles. The number of phenols is 1. The standard InChI is InChI=1S/C30H36N4O8/c1-3-42-27(38)14-12-21(11-13-26(31)37)32-28(39)23(17-35)33-29(40)24-15-19-7-4-5-8-20(19)16-34(24)30(41)22-9-6-10-25(36)18(22)2/h4-10,12,14,21,23-24,35-36H,3,11,13,15-17H2,1-2H3,(H2,31,37)(H,32,39)(H,33,40)/b14-12+/t21-,23-,24-/m0/s1. The van der Waals surface area contributed by atoms with Crippen molar-refractivity contribution in [2.75, 3.05) is 13.2 Å². The molecule has 4 amide bonds. The number of nitrogens with zero attached hydrogens (tertiary/aromatic N) is 1. The first-order valence-electron chi connectivity index (χ1n) is 13.6. The van der Waals surface area contributed by atoms with Crippen molar-refractivity contribution in [1.29, 1.82) is 0 Å². The van der Waals surface area contributed by atoms with Gasteiger partial charge in [-0.05, 0) is 43.5 Å². The molecule has 3 atom stereocenters. The van der Waals surface area contributed by atoms with Crippen LogP contribution in [0.4, 0.5) is 0 Å². The van der Waals surface area contributed by atoms with Crippen LogP contribution >= 0.6 is 0 Å². The Morgan fingerprint density at radius 2 is 1.81 bits per heavy atom. The van der Waals surface area contributed by atoms with Crippen LogP contribution < -0.4 is 16.4 Å². The Kier molecular flexibility index (Phi) is 11.2. The third-order valence-electron chi connectivity index (χ3n) is 6.94. The highest BCUT2D eigenvalue weighted by Crippen LogP contribution is 2.28. The van der Waals surface area contributed by atoms with Gasteiger partial charge >= 0.3 is 5.97 Å². The minimum Gasteiger partial charge on any atom is -0.508 e. The lowest BCUT2D eigenvalue weighted by molar-refractivity contribution is -0.137. The van der Waals surface area contributed by atoms with Crippen molar-refractivity contribution in [2.45, 2.75) is 57.8 Å². The van der Waals surface area contributed by atoms with E-state index >= 15 is 0 Å². The summed E-state index contributed by atoms with van der Waals surface area (Å²) in [7, 11) is 0. The number of hydrogen-bond acceptors (Lipinski definition) is 8. The maximum atomic E-state index is 13.7. The average molecular weight is 581 g/mol. The summed E-state index contributed by atoms with van der Waals surface area (Å²) in [5.74, 6) is -3.23. The van der Waals surface area contributed by atoms with Gasteiger partial charge in [0.1, 0.15) is 17.8 Å². The van der Waals surface area contributed by atoms with Crippen LogP contribution in [0.25, 0.3) is 0 Å². The number of benzene rings is 2. The second kappa shape index (κ2) is 14.8. The van der Waals surface area contributed by atoms with Crippen molar-refractivity contribution in [2.24, 2.45) is 5.73 Å². The predicted molar refractivity (Wildman–Crippen MR) is 152 cm³/mol. The predicted octanol–water partition coefficient (Wildman–Crippen LogP) is 0.614. The van der Waals surface area contributed by atoms with Gasteiger partial charge in [0.15, 0.2) is 0 Å². The summed E-state index contributed by atoms with van der Waals surface area (Å²) in [5, 5.41) is 25.3. The third-order valence-corrected chi connectivity index (χ3v) is 6.94. The van der Waals surface area contributed by atoms with Gasteiger partial charge in [0.25, 0.3) is 5.91 Å². The molecule has 3 rings (SSSR count). The number of carbonyl (C=O) groups is 5. The number of phenolic OH excluding ortho intramolecular Hbond substituents is 1. The zero-order valence-corrected chi connectivity index (χ0v) is 23.5. The number of rotatable bonds is 12. The van der Waals surface area contributed by atoms with Gasteiger partial charge in [-0.2, -0.15) is 0 Å². The van der Waals surface area contributed by atoms with E-state index in [0.717, 1.165) is 17.2 Å². The van der Waals surface area contributed by atoms with Crippen LogP contribution in [0.3, 0.4) is 0 Å². The Morgan fingerprint density at radius 3 is 2.48 bits per heavy atom. The molecule has 12 heteroatoms. The number of aromatic hydroxyl groups is 1. The highest BCUT2D eigenvalue weighted by Gasteiger charge is 2.37. The molecule has 6 N–H and O–H groups in total. The maximum Gasteiger partial charge on any atom is 0.330 e. The molecule has 0 bridgehead atoms. The molecule has 0 fully saturated rings. The average Bonchev–Trinajstić information content (AvgIpc) is 2.97. The SMILES string of the molecule is CCOC(=O)/C=C/[C@H](CCC(N)=O)NC(=O)[C@H](CO)NC(=O)[C@@H]1Cc2ccccc2CN1C(=O)c1cccc(O)c1C. The lowest BCUT2D eigenvalue weighted by Gasteiger charge is -2.37. The highest BCUT2D eigenvalue weighted by molar-refractivity contribution is 6.00. The number of aliphatic hydroxyl groups is 1. The largest absolute Gasteiger partial charge is 0.508 e. The van der Waals surface area contributed by atoms with E-state index in [1.807, 2.05) is 24.3 Å². The van der Waals surface area contributed by atoms with Gasteiger partial charge in [0.05, 0.1) is 13.2 Å². The van der Waals surface area contributed by atoms with E-state index < -0.39 is 54.3 Å². The Hall–Kier alpha value is -4.71. The minimum atomic E-state index is -1.40. The number of nitrogens with one attached hydrogen (secondary N) is 2. The van der Waals surface area contributed by atoms with Gasteiger partial charge in [0, 0.05) is 42.6 Å². The summed E-state index contributed by atoms with van der Waals surface area (Å²) in [6.45, 7) is 2.75. The van der Waals surface area contributed by atoms with Crippen molar-refractivity contribution in [3.8, 4) is 5.75 Å². The lowest BCUT2D eigenvalue weighted by Crippen LogP contribution is -2.58. The van der Waals surface area contributed by atoms with Gasteiger partial charge in [-0.1, -0.05) is 36.4 Å². The van der Waals surface area contributed by atoms with Crippen molar-refractivity contribution in [1.82, 2.24) is 15.5 Å². The summed E-state index contributed by atoms with van der Waals surface area (Å²) in [6, 6.07) is 8.69. The van der Waals surface area contributed by atoms with Crippen LogP contribution in [0.2, 0.25) is 0 Å². The fourth-order valence-corrected chi connectivity index (χ4v) is 4.63. The first-order valence-corrected chi connectivity index (χ1v) is 13.6. The molecule has 0 spiro atoms. The third kappa shape index (κ3) is 8.16. The van der Waals surface area contributed by atoms with E-state index in [0.29, 0.717) is 5.56 Å². The number of aliphatic hydroxyl groups excluding tert-OH is 1. The molecule has 0 saturated carbocycles. The van der Waals surface area contributed by atoms with Crippen LogP contribution in [-0.4, -0.2) is 76.1 Å².